The van der Waals surface area contributed by atoms with Gasteiger partial charge in [0.25, 0.3) is 0 Å². The number of terminal acetylenes is 1. The molecule has 4 nitrogen and oxygen atoms in total. The molecular formula is C16H19NO3. The van der Waals surface area contributed by atoms with Crippen molar-refractivity contribution in [2.24, 2.45) is 0 Å². The van der Waals surface area contributed by atoms with Crippen LogP contribution >= 0.6 is 0 Å². The molecule has 0 radical (unpaired) electrons. The van der Waals surface area contributed by atoms with Gasteiger partial charge in [-0.15, -0.1) is 6.42 Å². The Morgan fingerprint density at radius 3 is 2.90 bits per heavy atom. The number of methoxy groups -OCH3 is 1. The van der Waals surface area contributed by atoms with Crippen molar-refractivity contribution in [3.8, 4) is 23.8 Å². The Labute approximate surface area is 119 Å². The maximum Gasteiger partial charge on any atom is 0.244 e. The van der Waals surface area contributed by atoms with Crippen LogP contribution in [0.25, 0.3) is 6.08 Å². The number of rotatable bonds is 7. The molecule has 1 aromatic rings. The smallest absolute Gasteiger partial charge is 0.244 e. The number of hydrogen-bond donors (Lipinski definition) is 1. The maximum atomic E-state index is 11.4. The Balaban J connectivity index is 2.75. The molecule has 0 fully saturated rings. The van der Waals surface area contributed by atoms with Crippen LogP contribution < -0.4 is 14.8 Å². The molecule has 0 spiro atoms. The van der Waals surface area contributed by atoms with Crippen molar-refractivity contribution in [1.82, 2.24) is 5.32 Å². The van der Waals surface area contributed by atoms with Gasteiger partial charge in [-0.3, -0.25) is 4.79 Å². The van der Waals surface area contributed by atoms with Crippen LogP contribution in [0.5, 0.6) is 11.5 Å². The average molecular weight is 273 g/mol. The van der Waals surface area contributed by atoms with E-state index in [9.17, 15) is 4.79 Å². The molecule has 0 unspecified atom stereocenters. The number of carbonyl (C=O) groups excluding carboxylic acids is 1. The summed E-state index contributed by atoms with van der Waals surface area (Å²) in [5, 5.41) is 2.55. The van der Waals surface area contributed by atoms with Crippen LogP contribution in [0.1, 0.15) is 18.9 Å². The van der Waals surface area contributed by atoms with E-state index in [0.717, 1.165) is 12.0 Å². The van der Waals surface area contributed by atoms with E-state index in [0.29, 0.717) is 18.1 Å². The summed E-state index contributed by atoms with van der Waals surface area (Å²) in [6.07, 6.45) is 9.11. The van der Waals surface area contributed by atoms with Crippen molar-refractivity contribution in [2.45, 2.75) is 13.3 Å². The highest BCUT2D eigenvalue weighted by molar-refractivity contribution is 5.91. The van der Waals surface area contributed by atoms with Crippen LogP contribution in [0.2, 0.25) is 0 Å². The van der Waals surface area contributed by atoms with Gasteiger partial charge < -0.3 is 14.8 Å². The van der Waals surface area contributed by atoms with Gasteiger partial charge >= 0.3 is 0 Å². The van der Waals surface area contributed by atoms with Gasteiger partial charge in [0.1, 0.15) is 0 Å². The second kappa shape index (κ2) is 8.65. The Hall–Kier alpha value is -2.41. The number of carbonyl (C=O) groups is 1. The first-order valence-corrected chi connectivity index (χ1v) is 6.41. The van der Waals surface area contributed by atoms with Gasteiger partial charge in [-0.2, -0.15) is 0 Å². The van der Waals surface area contributed by atoms with E-state index in [4.69, 9.17) is 15.9 Å². The van der Waals surface area contributed by atoms with Gasteiger partial charge in [0.2, 0.25) is 5.91 Å². The van der Waals surface area contributed by atoms with E-state index >= 15 is 0 Å². The Morgan fingerprint density at radius 1 is 1.45 bits per heavy atom. The van der Waals surface area contributed by atoms with Crippen molar-refractivity contribution in [3.63, 3.8) is 0 Å². The second-order valence-corrected chi connectivity index (χ2v) is 4.01. The van der Waals surface area contributed by atoms with E-state index in [1.807, 2.05) is 25.1 Å². The lowest BCUT2D eigenvalue weighted by molar-refractivity contribution is -0.116. The third-order valence-corrected chi connectivity index (χ3v) is 2.44. The van der Waals surface area contributed by atoms with E-state index < -0.39 is 0 Å². The highest BCUT2D eigenvalue weighted by atomic mass is 16.5. The molecule has 0 aromatic heterocycles. The molecule has 1 N–H and O–H groups in total. The summed E-state index contributed by atoms with van der Waals surface area (Å²) in [7, 11) is 1.58. The SMILES string of the molecule is C#CCNC(=O)/C=C/c1ccc(OCCC)c(OC)c1. The number of nitrogens with one attached hydrogen (secondary N) is 1. The van der Waals surface area contributed by atoms with Crippen LogP contribution in [-0.4, -0.2) is 26.2 Å². The molecule has 0 aliphatic rings. The lowest BCUT2D eigenvalue weighted by Gasteiger charge is -2.10. The molecule has 0 aliphatic heterocycles. The van der Waals surface area contributed by atoms with Crippen LogP contribution in [-0.2, 0) is 4.79 Å². The van der Waals surface area contributed by atoms with Crippen molar-refractivity contribution < 1.29 is 14.3 Å². The zero-order valence-electron chi connectivity index (χ0n) is 11.8. The third kappa shape index (κ3) is 5.07. The normalized spacial score (nSPS) is 10.1. The topological polar surface area (TPSA) is 47.6 Å². The highest BCUT2D eigenvalue weighted by Crippen LogP contribution is 2.28. The lowest BCUT2D eigenvalue weighted by atomic mass is 10.2. The van der Waals surface area contributed by atoms with Crippen molar-refractivity contribution >= 4 is 12.0 Å². The summed E-state index contributed by atoms with van der Waals surface area (Å²) in [6.45, 7) is 2.90. The predicted molar refractivity (Wildman–Crippen MR) is 79.7 cm³/mol. The first kappa shape index (κ1) is 15.6. The Morgan fingerprint density at radius 2 is 2.25 bits per heavy atom. The van der Waals surface area contributed by atoms with Crippen LogP contribution in [0, 0.1) is 12.3 Å². The quantitative estimate of drug-likeness (QED) is 0.612. The van der Waals surface area contributed by atoms with Crippen molar-refractivity contribution in [2.75, 3.05) is 20.3 Å². The van der Waals surface area contributed by atoms with E-state index in [1.165, 1.54) is 6.08 Å². The van der Waals surface area contributed by atoms with Gasteiger partial charge in [-0.25, -0.2) is 0 Å². The molecular weight excluding hydrogens is 254 g/mol. The number of ether oxygens (including phenoxy) is 2. The molecule has 0 atom stereocenters. The molecule has 0 saturated carbocycles. The van der Waals surface area contributed by atoms with Crippen LogP contribution in [0.4, 0.5) is 0 Å². The van der Waals surface area contributed by atoms with E-state index in [1.54, 1.807) is 13.2 Å². The first-order valence-electron chi connectivity index (χ1n) is 6.41. The summed E-state index contributed by atoms with van der Waals surface area (Å²) in [4.78, 5) is 11.4. The van der Waals surface area contributed by atoms with E-state index in [-0.39, 0.29) is 12.5 Å². The largest absolute Gasteiger partial charge is 0.493 e. The lowest BCUT2D eigenvalue weighted by Crippen LogP contribution is -2.20. The standard InChI is InChI=1S/C16H19NO3/c1-4-10-17-16(18)9-7-13-6-8-14(20-11-5-2)15(12-13)19-3/h1,6-9,12H,5,10-11H2,2-3H3,(H,17,18)/b9-7+. The van der Waals surface area contributed by atoms with Crippen LogP contribution in [0.3, 0.4) is 0 Å². The number of amides is 1. The van der Waals surface area contributed by atoms with Gasteiger partial charge in [0, 0.05) is 6.08 Å². The summed E-state index contributed by atoms with van der Waals surface area (Å²) in [6, 6.07) is 5.50. The molecule has 0 aliphatic carbocycles. The van der Waals surface area contributed by atoms with Gasteiger partial charge in [-0.05, 0) is 30.2 Å². The molecule has 20 heavy (non-hydrogen) atoms. The minimum Gasteiger partial charge on any atom is -0.493 e. The van der Waals surface area contributed by atoms with Crippen molar-refractivity contribution in [1.29, 1.82) is 0 Å². The minimum absolute atomic E-state index is 0.219. The third-order valence-electron chi connectivity index (χ3n) is 2.44. The maximum absolute atomic E-state index is 11.4. The molecule has 0 bridgehead atoms. The zero-order valence-corrected chi connectivity index (χ0v) is 11.8. The molecule has 1 amide bonds. The Bertz CT molecular complexity index is 515. The molecule has 1 rings (SSSR count). The average Bonchev–Trinajstić information content (AvgIpc) is 2.49. The molecule has 0 saturated heterocycles. The summed E-state index contributed by atoms with van der Waals surface area (Å²) >= 11 is 0. The van der Waals surface area contributed by atoms with Gasteiger partial charge in [0.05, 0.1) is 20.3 Å². The van der Waals surface area contributed by atoms with Gasteiger partial charge in [0.15, 0.2) is 11.5 Å². The molecule has 0 heterocycles. The molecule has 106 valence electrons. The van der Waals surface area contributed by atoms with Gasteiger partial charge in [-0.1, -0.05) is 18.9 Å². The summed E-state index contributed by atoms with van der Waals surface area (Å²) in [5.41, 5.74) is 0.849. The zero-order chi connectivity index (χ0) is 14.8. The summed E-state index contributed by atoms with van der Waals surface area (Å²) in [5.74, 6) is 3.45. The van der Waals surface area contributed by atoms with E-state index in [2.05, 4.69) is 11.2 Å². The van der Waals surface area contributed by atoms with Crippen LogP contribution in [0.15, 0.2) is 24.3 Å². The molecule has 1 aromatic carbocycles. The monoisotopic (exact) mass is 273 g/mol. The fourth-order valence-electron chi connectivity index (χ4n) is 1.49. The fraction of sp³-hybridized carbons (Fsp3) is 0.312. The summed E-state index contributed by atoms with van der Waals surface area (Å²) < 4.78 is 10.8. The highest BCUT2D eigenvalue weighted by Gasteiger charge is 2.04. The second-order valence-electron chi connectivity index (χ2n) is 4.01. The fourth-order valence-corrected chi connectivity index (χ4v) is 1.49. The number of benzene rings is 1. The predicted octanol–water partition coefficient (Wildman–Crippen LogP) is 2.25. The molecule has 4 heteroatoms. The first-order chi connectivity index (χ1) is 9.71. The minimum atomic E-state index is -0.228. The number of hydrogen-bond acceptors (Lipinski definition) is 3. The Kier molecular flexibility index (Phi) is 6.77. The van der Waals surface area contributed by atoms with Crippen molar-refractivity contribution in [3.05, 3.63) is 29.8 Å².